The molecule has 3 aromatic carbocycles. The molecular formula is C30H28N4O5S. The first-order chi connectivity index (χ1) is 19.1. The Morgan fingerprint density at radius 1 is 1.10 bits per heavy atom. The molecule has 1 fully saturated rings. The number of aryl methyl sites for hydroxylation is 2. The lowest BCUT2D eigenvalue weighted by Gasteiger charge is -2.20. The van der Waals surface area contributed by atoms with Crippen LogP contribution in [-0.2, 0) is 17.1 Å². The average molecular weight is 557 g/mol. The van der Waals surface area contributed by atoms with Crippen molar-refractivity contribution in [1.82, 2.24) is 14.5 Å². The van der Waals surface area contributed by atoms with Crippen molar-refractivity contribution in [2.75, 3.05) is 5.32 Å². The number of hydrogen-bond donors (Lipinski definition) is 2. The highest BCUT2D eigenvalue weighted by molar-refractivity contribution is 7.91. The van der Waals surface area contributed by atoms with Crippen molar-refractivity contribution in [2.45, 2.75) is 38.0 Å². The normalized spacial score (nSPS) is 14.4. The van der Waals surface area contributed by atoms with E-state index in [9.17, 15) is 18.0 Å². The third-order valence-electron chi connectivity index (χ3n) is 7.11. The summed E-state index contributed by atoms with van der Waals surface area (Å²) in [5.41, 5.74) is 4.17. The van der Waals surface area contributed by atoms with Crippen LogP contribution in [0.15, 0.2) is 76.1 Å². The number of sulfonamides is 1. The van der Waals surface area contributed by atoms with Crippen LogP contribution in [0.25, 0.3) is 33.2 Å². The number of benzene rings is 3. The quantitative estimate of drug-likeness (QED) is 0.288. The molecule has 2 heterocycles. The molecule has 1 aliphatic carbocycles. The minimum atomic E-state index is -3.70. The summed E-state index contributed by atoms with van der Waals surface area (Å²) >= 11 is 0. The van der Waals surface area contributed by atoms with Gasteiger partial charge in [0.1, 0.15) is 11.3 Å². The molecule has 5 aromatic rings. The number of carbonyl (C=O) groups is 1. The Morgan fingerprint density at radius 2 is 1.88 bits per heavy atom. The van der Waals surface area contributed by atoms with Gasteiger partial charge in [0.25, 0.3) is 5.91 Å². The number of para-hydroxylation sites is 1. The zero-order valence-electron chi connectivity index (χ0n) is 22.3. The predicted molar refractivity (Wildman–Crippen MR) is 155 cm³/mol. The van der Waals surface area contributed by atoms with E-state index in [0.717, 1.165) is 27.6 Å². The summed E-state index contributed by atoms with van der Waals surface area (Å²) in [5.74, 6) is -0.249. The maximum Gasteiger partial charge on any atom is 0.266 e. The van der Waals surface area contributed by atoms with Crippen LogP contribution in [0, 0.1) is 6.92 Å². The Labute approximate surface area is 230 Å². The molecule has 0 saturated heterocycles. The molecule has 1 atom stereocenters. The lowest BCUT2D eigenvalue weighted by molar-refractivity contribution is 0.0982. The van der Waals surface area contributed by atoms with Gasteiger partial charge in [0.05, 0.1) is 27.8 Å². The van der Waals surface area contributed by atoms with Gasteiger partial charge in [-0.15, -0.1) is 0 Å². The van der Waals surface area contributed by atoms with Gasteiger partial charge in [-0.05, 0) is 68.7 Å². The molecule has 0 radical (unpaired) electrons. The van der Waals surface area contributed by atoms with Crippen molar-refractivity contribution in [3.8, 4) is 11.3 Å². The Hall–Kier alpha value is -4.44. The molecule has 6 rings (SSSR count). The summed E-state index contributed by atoms with van der Waals surface area (Å²) in [6.45, 7) is 3.81. The SMILES string of the molecule is Cc1cc([C@@H](C)Nc2ccccc2C(=O)NS(=O)(=O)C2CC2)c2oc(-c3ccc4nn(C)cc4c3)cc(=O)c2c1. The summed E-state index contributed by atoms with van der Waals surface area (Å²) in [7, 11) is -1.84. The molecule has 0 bridgehead atoms. The lowest BCUT2D eigenvalue weighted by Crippen LogP contribution is -2.33. The zero-order chi connectivity index (χ0) is 28.2. The molecule has 1 saturated carbocycles. The van der Waals surface area contributed by atoms with Gasteiger partial charge in [-0.3, -0.25) is 14.3 Å². The number of hydrogen-bond acceptors (Lipinski definition) is 7. The number of nitrogens with one attached hydrogen (secondary N) is 2. The third kappa shape index (κ3) is 4.86. The van der Waals surface area contributed by atoms with Crippen LogP contribution >= 0.6 is 0 Å². The maximum atomic E-state index is 13.3. The van der Waals surface area contributed by atoms with E-state index in [1.165, 1.54) is 6.07 Å². The Kier molecular flexibility index (Phi) is 6.22. The van der Waals surface area contributed by atoms with Gasteiger partial charge >= 0.3 is 0 Å². The molecule has 2 N–H and O–H groups in total. The first-order valence-corrected chi connectivity index (χ1v) is 14.6. The van der Waals surface area contributed by atoms with E-state index in [1.54, 1.807) is 35.0 Å². The lowest BCUT2D eigenvalue weighted by atomic mass is 10.00. The van der Waals surface area contributed by atoms with Crippen molar-refractivity contribution in [1.29, 1.82) is 0 Å². The molecule has 0 spiro atoms. The van der Waals surface area contributed by atoms with Gasteiger partial charge < -0.3 is 9.73 Å². The summed E-state index contributed by atoms with van der Waals surface area (Å²) < 4.78 is 35.1. The van der Waals surface area contributed by atoms with Crippen LogP contribution in [-0.4, -0.2) is 29.4 Å². The number of carbonyl (C=O) groups excluding carboxylic acids is 1. The fourth-order valence-corrected chi connectivity index (χ4v) is 6.26. The van der Waals surface area contributed by atoms with E-state index in [-0.39, 0.29) is 11.0 Å². The van der Waals surface area contributed by atoms with Gasteiger partial charge in [0.15, 0.2) is 5.43 Å². The topological polar surface area (TPSA) is 123 Å². The average Bonchev–Trinajstić information content (AvgIpc) is 3.70. The molecule has 1 aliphatic rings. The van der Waals surface area contributed by atoms with Crippen LogP contribution in [0.2, 0.25) is 0 Å². The summed E-state index contributed by atoms with van der Waals surface area (Å²) in [6, 6.07) is 17.3. The highest BCUT2D eigenvalue weighted by atomic mass is 32.2. The number of fused-ring (bicyclic) bond motifs is 2. The van der Waals surface area contributed by atoms with Crippen LogP contribution in [0.4, 0.5) is 5.69 Å². The molecule has 0 aliphatic heterocycles. The van der Waals surface area contributed by atoms with Gasteiger partial charge in [0.2, 0.25) is 10.0 Å². The fraction of sp³-hybridized carbons (Fsp3) is 0.233. The molecule has 0 unspecified atom stereocenters. The van der Waals surface area contributed by atoms with Crippen molar-refractivity contribution in [2.24, 2.45) is 7.05 Å². The Bertz CT molecular complexity index is 1970. The van der Waals surface area contributed by atoms with Gasteiger partial charge in [0, 0.05) is 41.5 Å². The number of anilines is 1. The molecule has 204 valence electrons. The van der Waals surface area contributed by atoms with Gasteiger partial charge in [-0.25, -0.2) is 13.1 Å². The minimum Gasteiger partial charge on any atom is -0.455 e. The van der Waals surface area contributed by atoms with E-state index in [1.807, 2.05) is 51.4 Å². The predicted octanol–water partition coefficient (Wildman–Crippen LogP) is 5.05. The van der Waals surface area contributed by atoms with E-state index in [4.69, 9.17) is 4.42 Å². The van der Waals surface area contributed by atoms with Crippen LogP contribution in [0.1, 0.15) is 47.3 Å². The van der Waals surface area contributed by atoms with E-state index < -0.39 is 27.2 Å². The highest BCUT2D eigenvalue weighted by Crippen LogP contribution is 2.32. The number of nitrogens with zero attached hydrogens (tertiary/aromatic N) is 2. The summed E-state index contributed by atoms with van der Waals surface area (Å²) in [5, 5.41) is 8.62. The van der Waals surface area contributed by atoms with Crippen LogP contribution in [0.3, 0.4) is 0 Å². The summed E-state index contributed by atoms with van der Waals surface area (Å²) in [6.07, 6.45) is 3.02. The first kappa shape index (κ1) is 25.8. The Morgan fingerprint density at radius 3 is 2.65 bits per heavy atom. The van der Waals surface area contributed by atoms with Crippen molar-refractivity contribution >= 4 is 43.5 Å². The summed E-state index contributed by atoms with van der Waals surface area (Å²) in [4.78, 5) is 26.2. The zero-order valence-corrected chi connectivity index (χ0v) is 23.1. The Balaban J connectivity index is 1.38. The van der Waals surface area contributed by atoms with Crippen molar-refractivity contribution < 1.29 is 17.6 Å². The van der Waals surface area contributed by atoms with Crippen LogP contribution in [0.5, 0.6) is 0 Å². The highest BCUT2D eigenvalue weighted by Gasteiger charge is 2.37. The fourth-order valence-electron chi connectivity index (χ4n) is 4.96. The second-order valence-electron chi connectivity index (χ2n) is 10.4. The molecule has 1 amide bonds. The second-order valence-corrected chi connectivity index (χ2v) is 12.3. The minimum absolute atomic E-state index is 0.162. The van der Waals surface area contributed by atoms with Crippen LogP contribution < -0.4 is 15.5 Å². The molecule has 2 aromatic heterocycles. The van der Waals surface area contributed by atoms with E-state index >= 15 is 0 Å². The number of rotatable bonds is 7. The standard InChI is InChI=1S/C30H28N4O5S/c1-17-12-23(18(2)31-26-7-5-4-6-22(26)30(36)33-40(37,38)21-9-10-21)29-24(13-17)27(35)15-28(39-29)19-8-11-25-20(14-19)16-34(3)32-25/h4-8,11-16,18,21,31H,9-10H2,1-3H3,(H,33,36)/t18-/m1/s1. The van der Waals surface area contributed by atoms with Gasteiger partial charge in [-0.2, -0.15) is 5.10 Å². The van der Waals surface area contributed by atoms with Crippen molar-refractivity contribution in [3.63, 3.8) is 0 Å². The monoisotopic (exact) mass is 556 g/mol. The van der Waals surface area contributed by atoms with E-state index in [0.29, 0.717) is 35.3 Å². The second kappa shape index (κ2) is 9.63. The van der Waals surface area contributed by atoms with Gasteiger partial charge in [-0.1, -0.05) is 18.2 Å². The molecule has 40 heavy (non-hydrogen) atoms. The maximum absolute atomic E-state index is 13.3. The first-order valence-electron chi connectivity index (χ1n) is 13.0. The largest absolute Gasteiger partial charge is 0.455 e. The van der Waals surface area contributed by atoms with Crippen molar-refractivity contribution in [3.05, 3.63) is 93.8 Å². The number of amides is 1. The molecular weight excluding hydrogens is 528 g/mol. The third-order valence-corrected chi connectivity index (χ3v) is 8.93. The molecule has 9 nitrogen and oxygen atoms in total. The smallest absolute Gasteiger partial charge is 0.266 e. The number of aromatic nitrogens is 2. The van der Waals surface area contributed by atoms with E-state index in [2.05, 4.69) is 15.1 Å². The molecule has 10 heteroatoms.